The molecule has 104 valence electrons. The van der Waals surface area contributed by atoms with E-state index in [1.807, 2.05) is 55.5 Å². The first-order valence-electron chi connectivity index (χ1n) is 6.25. The van der Waals surface area contributed by atoms with Crippen molar-refractivity contribution < 1.29 is 9.90 Å². The predicted octanol–water partition coefficient (Wildman–Crippen LogP) is 4.39. The number of carbonyl (C=O) groups is 1. The molecule has 1 N–H and O–H groups in total. The van der Waals surface area contributed by atoms with Crippen LogP contribution in [0.1, 0.15) is 11.1 Å². The number of aryl methyl sites for hydroxylation is 1. The van der Waals surface area contributed by atoms with Crippen LogP contribution in [0.15, 0.2) is 53.4 Å². The maximum atomic E-state index is 11.4. The Kier molecular flexibility index (Phi) is 5.48. The standard InChI is InChI=1S/C16H15IO2S/c1-11-2-8-14(9-3-11)20-15(16(18)19)10-12-4-6-13(17)7-5-12/h2-9,15H,10H2,1H3,(H,18,19). The number of hydrogen-bond acceptors (Lipinski definition) is 2. The van der Waals surface area contributed by atoms with E-state index in [4.69, 9.17) is 0 Å². The Morgan fingerprint density at radius 1 is 1.15 bits per heavy atom. The molecule has 2 aromatic carbocycles. The number of carboxylic acid groups (broad SMARTS) is 1. The van der Waals surface area contributed by atoms with Crippen LogP contribution in [0.2, 0.25) is 0 Å². The fourth-order valence-corrected chi connectivity index (χ4v) is 3.15. The molecule has 0 radical (unpaired) electrons. The number of halogens is 1. The van der Waals surface area contributed by atoms with Gasteiger partial charge in [-0.15, -0.1) is 11.8 Å². The molecule has 0 spiro atoms. The van der Waals surface area contributed by atoms with Gasteiger partial charge >= 0.3 is 5.97 Å². The summed E-state index contributed by atoms with van der Waals surface area (Å²) in [5.74, 6) is -0.769. The lowest BCUT2D eigenvalue weighted by molar-refractivity contribution is -0.136. The van der Waals surface area contributed by atoms with Crippen molar-refractivity contribution in [3.8, 4) is 0 Å². The summed E-state index contributed by atoms with van der Waals surface area (Å²) in [5, 5.41) is 8.92. The van der Waals surface area contributed by atoms with E-state index in [1.54, 1.807) is 0 Å². The van der Waals surface area contributed by atoms with E-state index in [1.165, 1.54) is 17.3 Å². The average Bonchev–Trinajstić information content (AvgIpc) is 2.42. The van der Waals surface area contributed by atoms with Crippen LogP contribution >= 0.6 is 34.4 Å². The minimum Gasteiger partial charge on any atom is -0.480 e. The van der Waals surface area contributed by atoms with E-state index in [-0.39, 0.29) is 0 Å². The van der Waals surface area contributed by atoms with Crippen molar-refractivity contribution in [2.45, 2.75) is 23.5 Å². The molecule has 0 saturated carbocycles. The maximum Gasteiger partial charge on any atom is 0.317 e. The molecular formula is C16H15IO2S. The average molecular weight is 398 g/mol. The lowest BCUT2D eigenvalue weighted by Gasteiger charge is -2.12. The van der Waals surface area contributed by atoms with Crippen molar-refractivity contribution >= 4 is 40.3 Å². The van der Waals surface area contributed by atoms with E-state index in [0.29, 0.717) is 6.42 Å². The van der Waals surface area contributed by atoms with Crippen molar-refractivity contribution in [1.82, 2.24) is 0 Å². The summed E-state index contributed by atoms with van der Waals surface area (Å²) < 4.78 is 1.16. The van der Waals surface area contributed by atoms with Crippen LogP contribution in [-0.4, -0.2) is 16.3 Å². The zero-order chi connectivity index (χ0) is 14.5. The van der Waals surface area contributed by atoms with E-state index >= 15 is 0 Å². The second-order valence-electron chi connectivity index (χ2n) is 4.59. The van der Waals surface area contributed by atoms with Crippen LogP contribution < -0.4 is 0 Å². The normalized spacial score (nSPS) is 12.1. The molecule has 0 saturated heterocycles. The molecular weight excluding hydrogens is 383 g/mol. The molecule has 1 atom stereocenters. The number of rotatable bonds is 5. The second-order valence-corrected chi connectivity index (χ2v) is 7.11. The van der Waals surface area contributed by atoms with Gasteiger partial charge in [0.05, 0.1) is 0 Å². The summed E-state index contributed by atoms with van der Waals surface area (Å²) in [6, 6.07) is 16.0. The topological polar surface area (TPSA) is 37.3 Å². The first kappa shape index (κ1) is 15.4. The monoisotopic (exact) mass is 398 g/mol. The number of hydrogen-bond donors (Lipinski definition) is 1. The van der Waals surface area contributed by atoms with Gasteiger partial charge < -0.3 is 5.11 Å². The zero-order valence-electron chi connectivity index (χ0n) is 11.0. The Hall–Kier alpha value is -1.01. The van der Waals surface area contributed by atoms with Gasteiger partial charge in [-0.3, -0.25) is 4.79 Å². The predicted molar refractivity (Wildman–Crippen MR) is 91.3 cm³/mol. The number of aliphatic carboxylic acids is 1. The lowest BCUT2D eigenvalue weighted by Crippen LogP contribution is -2.19. The van der Waals surface area contributed by atoms with E-state index in [2.05, 4.69) is 22.6 Å². The Morgan fingerprint density at radius 3 is 2.30 bits per heavy atom. The van der Waals surface area contributed by atoms with Gasteiger partial charge in [0, 0.05) is 8.47 Å². The van der Waals surface area contributed by atoms with Crippen molar-refractivity contribution in [3.05, 3.63) is 63.2 Å². The first-order chi connectivity index (χ1) is 9.54. The molecule has 0 bridgehead atoms. The van der Waals surface area contributed by atoms with Crippen LogP contribution in [0.5, 0.6) is 0 Å². The van der Waals surface area contributed by atoms with Gasteiger partial charge in [-0.05, 0) is 65.8 Å². The van der Waals surface area contributed by atoms with Gasteiger partial charge in [-0.1, -0.05) is 29.8 Å². The highest BCUT2D eigenvalue weighted by atomic mass is 127. The SMILES string of the molecule is Cc1ccc(SC(Cc2ccc(I)cc2)C(=O)O)cc1. The fraction of sp³-hybridized carbons (Fsp3) is 0.188. The highest BCUT2D eigenvalue weighted by Crippen LogP contribution is 2.26. The molecule has 0 fully saturated rings. The van der Waals surface area contributed by atoms with Gasteiger partial charge in [0.1, 0.15) is 5.25 Å². The Morgan fingerprint density at radius 2 is 1.75 bits per heavy atom. The summed E-state index contributed by atoms with van der Waals surface area (Å²) in [6.07, 6.45) is 0.533. The van der Waals surface area contributed by atoms with Crippen LogP contribution in [0.3, 0.4) is 0 Å². The highest BCUT2D eigenvalue weighted by molar-refractivity contribution is 14.1. The second kappa shape index (κ2) is 7.13. The number of carboxylic acids is 1. The van der Waals surface area contributed by atoms with Crippen LogP contribution in [0.4, 0.5) is 0 Å². The third-order valence-corrected chi connectivity index (χ3v) is 4.83. The van der Waals surface area contributed by atoms with Gasteiger partial charge in [-0.2, -0.15) is 0 Å². The largest absolute Gasteiger partial charge is 0.480 e. The smallest absolute Gasteiger partial charge is 0.317 e. The van der Waals surface area contributed by atoms with Crippen molar-refractivity contribution in [2.24, 2.45) is 0 Å². The Bertz CT molecular complexity index is 531. The molecule has 2 rings (SSSR count). The minimum atomic E-state index is -0.769. The molecule has 0 aliphatic rings. The van der Waals surface area contributed by atoms with Crippen molar-refractivity contribution in [2.75, 3.05) is 0 Å². The zero-order valence-corrected chi connectivity index (χ0v) is 14.0. The van der Waals surface area contributed by atoms with Crippen molar-refractivity contribution in [3.63, 3.8) is 0 Å². The van der Waals surface area contributed by atoms with Crippen molar-refractivity contribution in [1.29, 1.82) is 0 Å². The van der Waals surface area contributed by atoms with Crippen LogP contribution in [0.25, 0.3) is 0 Å². The molecule has 0 amide bonds. The van der Waals surface area contributed by atoms with Crippen LogP contribution in [0, 0.1) is 10.5 Å². The van der Waals surface area contributed by atoms with Gasteiger partial charge in [0.25, 0.3) is 0 Å². The third-order valence-electron chi connectivity index (χ3n) is 2.91. The summed E-state index contributed by atoms with van der Waals surface area (Å²) in [7, 11) is 0. The fourth-order valence-electron chi connectivity index (χ4n) is 1.80. The quantitative estimate of drug-likeness (QED) is 0.600. The molecule has 4 heteroatoms. The molecule has 20 heavy (non-hydrogen) atoms. The van der Waals surface area contributed by atoms with E-state index in [9.17, 15) is 9.90 Å². The summed E-state index contributed by atoms with van der Waals surface area (Å²) in [4.78, 5) is 12.4. The Balaban J connectivity index is 2.09. The van der Waals surface area contributed by atoms with E-state index in [0.717, 1.165) is 14.0 Å². The first-order valence-corrected chi connectivity index (χ1v) is 8.21. The highest BCUT2D eigenvalue weighted by Gasteiger charge is 2.19. The van der Waals surface area contributed by atoms with Gasteiger partial charge in [0.2, 0.25) is 0 Å². The Labute approximate surface area is 136 Å². The van der Waals surface area contributed by atoms with E-state index < -0.39 is 11.2 Å². The number of thioether (sulfide) groups is 1. The molecule has 0 aromatic heterocycles. The molecule has 0 heterocycles. The van der Waals surface area contributed by atoms with Gasteiger partial charge in [-0.25, -0.2) is 0 Å². The number of benzene rings is 2. The molecule has 1 unspecified atom stereocenters. The molecule has 2 nitrogen and oxygen atoms in total. The van der Waals surface area contributed by atoms with Crippen LogP contribution in [-0.2, 0) is 11.2 Å². The summed E-state index contributed by atoms with van der Waals surface area (Å²) in [5.41, 5.74) is 2.23. The summed E-state index contributed by atoms with van der Waals surface area (Å²) >= 11 is 3.65. The lowest BCUT2D eigenvalue weighted by atomic mass is 10.1. The summed E-state index contributed by atoms with van der Waals surface area (Å²) in [6.45, 7) is 2.02. The molecule has 0 aliphatic carbocycles. The molecule has 2 aromatic rings. The maximum absolute atomic E-state index is 11.4. The minimum absolute atomic E-state index is 0.460. The molecule has 0 aliphatic heterocycles. The third kappa shape index (κ3) is 4.52. The van der Waals surface area contributed by atoms with Gasteiger partial charge in [0.15, 0.2) is 0 Å².